The van der Waals surface area contributed by atoms with Crippen LogP contribution in [0, 0.1) is 12.3 Å². The van der Waals surface area contributed by atoms with E-state index in [0.29, 0.717) is 24.2 Å². The number of hydrogen-bond acceptors (Lipinski definition) is 6. The molecule has 0 aliphatic rings. The minimum absolute atomic E-state index is 0.0445. The van der Waals surface area contributed by atoms with Crippen LogP contribution in [-0.2, 0) is 15.4 Å². The van der Waals surface area contributed by atoms with E-state index < -0.39 is 20.9 Å². The average molecular weight is 591 g/mol. The van der Waals surface area contributed by atoms with Crippen molar-refractivity contribution in [3.8, 4) is 11.6 Å². The van der Waals surface area contributed by atoms with Crippen LogP contribution in [0.5, 0.6) is 11.6 Å². The Morgan fingerprint density at radius 2 is 1.68 bits per heavy atom. The number of nitrogens with zero attached hydrogens (tertiary/aromatic N) is 1. The van der Waals surface area contributed by atoms with Gasteiger partial charge in [-0.2, -0.15) is 0 Å². The van der Waals surface area contributed by atoms with Crippen molar-refractivity contribution in [2.75, 3.05) is 0 Å². The first kappa shape index (κ1) is 30.4. The summed E-state index contributed by atoms with van der Waals surface area (Å²) in [6.45, 7) is 10.1. The van der Waals surface area contributed by atoms with Crippen LogP contribution in [0.4, 0.5) is 0 Å². The number of carbonyl (C=O) groups is 1. The van der Waals surface area contributed by atoms with Gasteiger partial charge < -0.3 is 9.84 Å². The van der Waals surface area contributed by atoms with Crippen molar-refractivity contribution in [3.63, 3.8) is 0 Å². The minimum atomic E-state index is -3.87. The van der Waals surface area contributed by atoms with Crippen molar-refractivity contribution >= 4 is 27.7 Å². The largest absolute Gasteiger partial charge is 0.438 e. The first-order valence-electron chi connectivity index (χ1n) is 13.2. The molecular weight excluding hydrogens is 558 g/mol. The Labute approximate surface area is 246 Å². The molecule has 0 amide bonds. The SMILES string of the molecule is [CH2]CC(C[C@](O)(c1cccc(Cl)c1)C(C)(C)C)c1ccc(S(=O)(=O)c2cccc(Oc3ncccc3C=O)c2)cc1. The Morgan fingerprint density at radius 3 is 2.32 bits per heavy atom. The van der Waals surface area contributed by atoms with Gasteiger partial charge in [0.25, 0.3) is 0 Å². The Kier molecular flexibility index (Phi) is 9.02. The van der Waals surface area contributed by atoms with E-state index in [9.17, 15) is 18.3 Å². The highest BCUT2D eigenvalue weighted by Crippen LogP contribution is 2.47. The Bertz CT molecular complexity index is 1630. The number of halogens is 1. The second-order valence-corrected chi connectivity index (χ2v) is 13.4. The maximum absolute atomic E-state index is 13.5. The molecule has 4 rings (SSSR count). The van der Waals surface area contributed by atoms with Crippen molar-refractivity contribution in [2.24, 2.45) is 5.41 Å². The lowest BCUT2D eigenvalue weighted by molar-refractivity contribution is -0.0763. The Balaban J connectivity index is 1.60. The third-order valence-corrected chi connectivity index (χ3v) is 9.36. The molecule has 8 heteroatoms. The fraction of sp³-hybridized carbons (Fsp3) is 0.242. The summed E-state index contributed by atoms with van der Waals surface area (Å²) in [5.41, 5.74) is 0.136. The molecule has 41 heavy (non-hydrogen) atoms. The fourth-order valence-electron chi connectivity index (χ4n) is 4.80. The monoisotopic (exact) mass is 590 g/mol. The van der Waals surface area contributed by atoms with Gasteiger partial charge in [-0.25, -0.2) is 13.4 Å². The van der Waals surface area contributed by atoms with Gasteiger partial charge >= 0.3 is 0 Å². The maximum Gasteiger partial charge on any atom is 0.229 e. The molecule has 0 aliphatic heterocycles. The van der Waals surface area contributed by atoms with Crippen LogP contribution in [0.1, 0.15) is 61.0 Å². The smallest absolute Gasteiger partial charge is 0.229 e. The molecule has 1 unspecified atom stereocenters. The molecule has 6 nitrogen and oxygen atoms in total. The lowest BCUT2D eigenvalue weighted by Gasteiger charge is -2.43. The molecule has 0 spiro atoms. The predicted molar refractivity (Wildman–Crippen MR) is 160 cm³/mol. The molecule has 213 valence electrons. The zero-order chi connectivity index (χ0) is 29.8. The minimum Gasteiger partial charge on any atom is -0.438 e. The van der Waals surface area contributed by atoms with Gasteiger partial charge in [0.1, 0.15) is 5.75 Å². The second kappa shape index (κ2) is 12.1. The summed E-state index contributed by atoms with van der Waals surface area (Å²) in [7, 11) is -3.87. The number of aromatic nitrogens is 1. The van der Waals surface area contributed by atoms with E-state index in [1.165, 1.54) is 18.3 Å². The predicted octanol–water partition coefficient (Wildman–Crippen LogP) is 7.80. The van der Waals surface area contributed by atoms with Gasteiger partial charge in [0.15, 0.2) is 6.29 Å². The normalized spacial score (nSPS) is 14.2. The standard InChI is InChI=1S/C33H33ClNO5S/c1-5-23(21-33(37,32(2,3)4)26-10-6-11-27(34)19-26)24-14-16-29(17-15-24)41(38,39)30-13-7-12-28(20-30)40-31-25(22-36)9-8-18-35-31/h6-20,22-23,37H,1,5,21H2,2-4H3/t23?,33-/m0/s1. The van der Waals surface area contributed by atoms with Crippen LogP contribution in [0.3, 0.4) is 0 Å². The number of carbonyl (C=O) groups excluding carboxylic acids is 1. The van der Waals surface area contributed by atoms with E-state index in [2.05, 4.69) is 11.9 Å². The van der Waals surface area contributed by atoms with Crippen molar-refractivity contribution in [2.45, 2.75) is 54.9 Å². The highest BCUT2D eigenvalue weighted by atomic mass is 35.5. The number of pyridine rings is 1. The molecule has 3 aromatic carbocycles. The summed E-state index contributed by atoms with van der Waals surface area (Å²) >= 11 is 6.26. The summed E-state index contributed by atoms with van der Waals surface area (Å²) in [5, 5.41) is 12.5. The summed E-state index contributed by atoms with van der Waals surface area (Å²) in [6.07, 6.45) is 2.99. The zero-order valence-corrected chi connectivity index (χ0v) is 24.8. The number of hydrogen-bond donors (Lipinski definition) is 1. The molecule has 0 aliphatic carbocycles. The van der Waals surface area contributed by atoms with Crippen LogP contribution in [-0.4, -0.2) is 24.8 Å². The molecule has 1 N–H and O–H groups in total. The molecule has 1 aromatic heterocycles. The summed E-state index contributed by atoms with van der Waals surface area (Å²) in [4.78, 5) is 15.5. The summed E-state index contributed by atoms with van der Waals surface area (Å²) in [5.74, 6) is 0.190. The molecule has 0 bridgehead atoms. The number of ether oxygens (including phenoxy) is 1. The van der Waals surface area contributed by atoms with E-state index in [4.69, 9.17) is 16.3 Å². The van der Waals surface area contributed by atoms with Crippen LogP contribution >= 0.6 is 11.6 Å². The first-order chi connectivity index (χ1) is 19.4. The van der Waals surface area contributed by atoms with Gasteiger partial charge in [-0.3, -0.25) is 4.79 Å². The lowest BCUT2D eigenvalue weighted by Crippen LogP contribution is -2.41. The quantitative estimate of drug-likeness (QED) is 0.189. The van der Waals surface area contributed by atoms with Crippen molar-refractivity contribution < 1.29 is 23.1 Å². The van der Waals surface area contributed by atoms with Gasteiger partial charge in [0.05, 0.1) is 21.0 Å². The number of benzene rings is 3. The van der Waals surface area contributed by atoms with Gasteiger partial charge in [-0.05, 0) is 89.9 Å². The molecule has 1 heterocycles. The van der Waals surface area contributed by atoms with Gasteiger partial charge in [-0.15, -0.1) is 0 Å². The lowest BCUT2D eigenvalue weighted by atomic mass is 9.67. The van der Waals surface area contributed by atoms with Crippen LogP contribution < -0.4 is 4.74 Å². The molecule has 2 atom stereocenters. The number of sulfone groups is 1. The fourth-order valence-corrected chi connectivity index (χ4v) is 6.28. The molecule has 0 saturated carbocycles. The third kappa shape index (κ3) is 6.53. The number of aldehydes is 1. The molecule has 1 radical (unpaired) electrons. The second-order valence-electron chi connectivity index (χ2n) is 11.0. The average Bonchev–Trinajstić information content (AvgIpc) is 2.95. The summed E-state index contributed by atoms with van der Waals surface area (Å²) in [6, 6.07) is 23.2. The molecule has 4 aromatic rings. The van der Waals surface area contributed by atoms with Crippen molar-refractivity contribution in [1.29, 1.82) is 0 Å². The summed E-state index contributed by atoms with van der Waals surface area (Å²) < 4.78 is 32.7. The van der Waals surface area contributed by atoms with Gasteiger partial charge in [0.2, 0.25) is 15.7 Å². The topological polar surface area (TPSA) is 93.6 Å². The molecular formula is C33H33ClNO5S. The van der Waals surface area contributed by atoms with E-state index in [-0.39, 0.29) is 32.9 Å². The highest BCUT2D eigenvalue weighted by molar-refractivity contribution is 7.91. The zero-order valence-electron chi connectivity index (χ0n) is 23.2. The van der Waals surface area contributed by atoms with E-state index in [1.54, 1.807) is 60.7 Å². The third-order valence-electron chi connectivity index (χ3n) is 7.35. The molecule has 0 saturated heterocycles. The van der Waals surface area contributed by atoms with Crippen LogP contribution in [0.15, 0.2) is 101 Å². The first-order valence-corrected chi connectivity index (χ1v) is 15.1. The van der Waals surface area contributed by atoms with E-state index >= 15 is 0 Å². The van der Waals surface area contributed by atoms with Crippen molar-refractivity contribution in [1.82, 2.24) is 4.98 Å². The van der Waals surface area contributed by atoms with Gasteiger partial charge in [-0.1, -0.05) is 69.6 Å². The van der Waals surface area contributed by atoms with Crippen LogP contribution in [0.25, 0.3) is 0 Å². The number of aliphatic hydroxyl groups is 1. The Hall–Kier alpha value is -3.52. The van der Waals surface area contributed by atoms with Gasteiger partial charge in [0, 0.05) is 11.2 Å². The maximum atomic E-state index is 13.5. The van der Waals surface area contributed by atoms with Crippen molar-refractivity contribution in [3.05, 3.63) is 120 Å². The Morgan fingerprint density at radius 1 is 0.976 bits per heavy atom. The number of rotatable bonds is 10. The molecule has 0 fully saturated rings. The van der Waals surface area contributed by atoms with E-state index in [0.717, 1.165) is 11.1 Å². The highest BCUT2D eigenvalue weighted by Gasteiger charge is 2.43. The van der Waals surface area contributed by atoms with Crippen LogP contribution in [0.2, 0.25) is 5.02 Å². The van der Waals surface area contributed by atoms with E-state index in [1.807, 2.05) is 32.9 Å².